The van der Waals surface area contributed by atoms with Gasteiger partial charge in [0.1, 0.15) is 11.6 Å². The Bertz CT molecular complexity index is 314. The zero-order valence-electron chi connectivity index (χ0n) is 5.99. The van der Waals surface area contributed by atoms with E-state index in [0.29, 0.717) is 0 Å². The van der Waals surface area contributed by atoms with Crippen LogP contribution in [-0.2, 0) is 16.8 Å². The van der Waals surface area contributed by atoms with Crippen LogP contribution >= 0.6 is 0 Å². The molecule has 0 aliphatic rings. The molecule has 0 aliphatic carbocycles. The van der Waals surface area contributed by atoms with Crippen molar-refractivity contribution in [3.63, 3.8) is 0 Å². The van der Waals surface area contributed by atoms with Gasteiger partial charge in [0.25, 0.3) is 0 Å². The van der Waals surface area contributed by atoms with Crippen LogP contribution in [0.4, 0.5) is 4.39 Å². The second kappa shape index (κ2) is 3.64. The highest BCUT2D eigenvalue weighted by Gasteiger charge is 2.02. The molecule has 0 fully saturated rings. The molecule has 0 heterocycles. The van der Waals surface area contributed by atoms with Gasteiger partial charge in [-0.2, -0.15) is 0 Å². The van der Waals surface area contributed by atoms with Crippen molar-refractivity contribution in [1.82, 2.24) is 0 Å². The van der Waals surface area contributed by atoms with Crippen LogP contribution in [0.15, 0.2) is 18.2 Å². The molecule has 66 valence electrons. The zero-order valence-corrected chi connectivity index (χ0v) is 6.81. The Morgan fingerprint density at radius 3 is 2.75 bits per heavy atom. The molecule has 12 heavy (non-hydrogen) atoms. The average Bonchev–Trinajstić information content (AvgIpc) is 1.94. The Kier molecular flexibility index (Phi) is 2.78. The SMILES string of the molecule is O=S([O-])Cc1ccc(O)cc1F. The molecule has 0 spiro atoms. The smallest absolute Gasteiger partial charge is 0.130 e. The fourth-order valence-corrected chi connectivity index (χ4v) is 1.27. The first-order chi connectivity index (χ1) is 5.59. The maximum Gasteiger partial charge on any atom is 0.130 e. The molecule has 0 saturated carbocycles. The molecule has 1 atom stereocenters. The predicted octanol–water partition coefficient (Wildman–Crippen LogP) is 0.910. The summed E-state index contributed by atoms with van der Waals surface area (Å²) in [6.45, 7) is 0. The van der Waals surface area contributed by atoms with E-state index < -0.39 is 16.9 Å². The highest BCUT2D eigenvalue weighted by atomic mass is 32.2. The lowest BCUT2D eigenvalue weighted by molar-refractivity contribution is 0.468. The van der Waals surface area contributed by atoms with E-state index in [1.807, 2.05) is 0 Å². The van der Waals surface area contributed by atoms with E-state index in [1.54, 1.807) is 0 Å². The summed E-state index contributed by atoms with van der Waals surface area (Å²) in [7, 11) is 0. The number of hydrogen-bond donors (Lipinski definition) is 1. The van der Waals surface area contributed by atoms with Gasteiger partial charge in [-0.3, -0.25) is 4.21 Å². The summed E-state index contributed by atoms with van der Waals surface area (Å²) in [6.07, 6.45) is 0. The molecule has 1 aromatic rings. The number of phenolic OH excluding ortho intramolecular Hbond substituents is 1. The Labute approximate surface area is 71.1 Å². The van der Waals surface area contributed by atoms with E-state index >= 15 is 0 Å². The first-order valence-electron chi connectivity index (χ1n) is 3.13. The highest BCUT2D eigenvalue weighted by molar-refractivity contribution is 7.78. The Hall–Kier alpha value is -0.940. The third-order valence-electron chi connectivity index (χ3n) is 1.31. The van der Waals surface area contributed by atoms with Crippen molar-refractivity contribution in [3.8, 4) is 5.75 Å². The van der Waals surface area contributed by atoms with Crippen molar-refractivity contribution >= 4 is 11.1 Å². The van der Waals surface area contributed by atoms with Crippen molar-refractivity contribution in [1.29, 1.82) is 0 Å². The van der Waals surface area contributed by atoms with E-state index in [2.05, 4.69) is 0 Å². The van der Waals surface area contributed by atoms with Crippen molar-refractivity contribution in [3.05, 3.63) is 29.6 Å². The lowest BCUT2D eigenvalue weighted by Crippen LogP contribution is -1.96. The maximum absolute atomic E-state index is 12.8. The average molecular weight is 189 g/mol. The Morgan fingerprint density at radius 2 is 2.25 bits per heavy atom. The number of benzene rings is 1. The molecule has 0 aromatic heterocycles. The van der Waals surface area contributed by atoms with Crippen molar-refractivity contribution in [2.45, 2.75) is 5.75 Å². The van der Waals surface area contributed by atoms with Gasteiger partial charge in [-0.05, 0) is 11.6 Å². The summed E-state index contributed by atoms with van der Waals surface area (Å²) >= 11 is -2.31. The van der Waals surface area contributed by atoms with Crippen LogP contribution < -0.4 is 0 Å². The summed E-state index contributed by atoms with van der Waals surface area (Å²) in [6, 6.07) is 3.36. The molecule has 1 aromatic carbocycles. The van der Waals surface area contributed by atoms with Gasteiger partial charge >= 0.3 is 0 Å². The number of rotatable bonds is 2. The van der Waals surface area contributed by atoms with E-state index in [4.69, 9.17) is 5.11 Å². The highest BCUT2D eigenvalue weighted by Crippen LogP contribution is 2.15. The van der Waals surface area contributed by atoms with Gasteiger partial charge in [-0.1, -0.05) is 17.1 Å². The summed E-state index contributed by atoms with van der Waals surface area (Å²) in [5.41, 5.74) is 0.0566. The molecular weight excluding hydrogens is 183 g/mol. The predicted molar refractivity (Wildman–Crippen MR) is 40.7 cm³/mol. The summed E-state index contributed by atoms with van der Waals surface area (Å²) in [5.74, 6) is -1.29. The van der Waals surface area contributed by atoms with Crippen molar-refractivity contribution < 1.29 is 18.3 Å². The number of phenols is 1. The van der Waals surface area contributed by atoms with Gasteiger partial charge < -0.3 is 9.66 Å². The molecule has 3 nitrogen and oxygen atoms in total. The topological polar surface area (TPSA) is 60.4 Å². The van der Waals surface area contributed by atoms with Gasteiger partial charge in [0.15, 0.2) is 0 Å². The van der Waals surface area contributed by atoms with E-state index in [1.165, 1.54) is 12.1 Å². The zero-order chi connectivity index (χ0) is 9.14. The third kappa shape index (κ3) is 2.28. The van der Waals surface area contributed by atoms with Crippen LogP contribution in [0.1, 0.15) is 5.56 Å². The quantitative estimate of drug-likeness (QED) is 0.703. The Balaban J connectivity index is 2.93. The van der Waals surface area contributed by atoms with Crippen LogP contribution in [0.2, 0.25) is 0 Å². The minimum atomic E-state index is -2.31. The molecule has 0 radical (unpaired) electrons. The fraction of sp³-hybridized carbons (Fsp3) is 0.143. The lowest BCUT2D eigenvalue weighted by atomic mass is 10.2. The largest absolute Gasteiger partial charge is 0.772 e. The normalized spacial score (nSPS) is 12.8. The van der Waals surface area contributed by atoms with Gasteiger partial charge in [0.2, 0.25) is 0 Å². The van der Waals surface area contributed by atoms with Crippen LogP contribution in [0.5, 0.6) is 5.75 Å². The Morgan fingerprint density at radius 1 is 1.58 bits per heavy atom. The maximum atomic E-state index is 12.8. The van der Waals surface area contributed by atoms with Gasteiger partial charge in [-0.25, -0.2) is 4.39 Å². The molecule has 0 saturated heterocycles. The second-order valence-electron chi connectivity index (χ2n) is 2.22. The van der Waals surface area contributed by atoms with Gasteiger partial charge in [0, 0.05) is 11.8 Å². The summed E-state index contributed by atoms with van der Waals surface area (Å²) in [5, 5.41) is 8.78. The van der Waals surface area contributed by atoms with Crippen molar-refractivity contribution in [2.24, 2.45) is 0 Å². The van der Waals surface area contributed by atoms with Crippen molar-refractivity contribution in [2.75, 3.05) is 0 Å². The van der Waals surface area contributed by atoms with Gasteiger partial charge in [0.05, 0.1) is 0 Å². The molecular formula is C7H6FO3S-. The summed E-state index contributed by atoms with van der Waals surface area (Å²) < 4.78 is 33.1. The molecule has 0 amide bonds. The number of halogens is 1. The third-order valence-corrected chi connectivity index (χ3v) is 1.86. The molecule has 1 N–H and O–H groups in total. The molecule has 1 rings (SSSR count). The van der Waals surface area contributed by atoms with Crippen LogP contribution in [0.3, 0.4) is 0 Å². The number of aromatic hydroxyl groups is 1. The van der Waals surface area contributed by atoms with E-state index in [0.717, 1.165) is 6.07 Å². The van der Waals surface area contributed by atoms with E-state index in [9.17, 15) is 13.2 Å². The minimum absolute atomic E-state index is 0.0566. The first-order valence-corrected chi connectivity index (χ1v) is 4.37. The molecule has 5 heteroatoms. The molecule has 0 bridgehead atoms. The lowest BCUT2D eigenvalue weighted by Gasteiger charge is -2.05. The summed E-state index contributed by atoms with van der Waals surface area (Å²) in [4.78, 5) is 0. The molecule has 0 aliphatic heterocycles. The van der Waals surface area contributed by atoms with Crippen LogP contribution in [-0.4, -0.2) is 13.9 Å². The second-order valence-corrected chi connectivity index (χ2v) is 3.12. The standard InChI is InChI=1S/C7H7FO3S/c8-7-3-6(9)2-1-5(7)4-12(10)11/h1-3,9H,4H2,(H,10,11)/p-1. The van der Waals surface area contributed by atoms with Crippen LogP contribution in [0, 0.1) is 5.82 Å². The van der Waals surface area contributed by atoms with E-state index in [-0.39, 0.29) is 17.1 Å². The minimum Gasteiger partial charge on any atom is -0.772 e. The van der Waals surface area contributed by atoms with Crippen LogP contribution in [0.25, 0.3) is 0 Å². The molecule has 1 unspecified atom stereocenters. The monoisotopic (exact) mass is 189 g/mol. The van der Waals surface area contributed by atoms with Gasteiger partial charge in [-0.15, -0.1) is 0 Å². The number of hydrogen-bond acceptors (Lipinski definition) is 3. The fourth-order valence-electron chi connectivity index (χ4n) is 0.780. The first kappa shape index (κ1) is 9.15.